The zero-order chi connectivity index (χ0) is 17.8. The molecule has 1 aromatic carbocycles. The smallest absolute Gasteiger partial charge is 0.257 e. The van der Waals surface area contributed by atoms with Crippen molar-refractivity contribution in [3.05, 3.63) is 48.2 Å². The van der Waals surface area contributed by atoms with E-state index in [1.165, 1.54) is 12.8 Å². The quantitative estimate of drug-likeness (QED) is 0.917. The minimum absolute atomic E-state index is 0.109. The van der Waals surface area contributed by atoms with E-state index in [0.29, 0.717) is 18.8 Å². The van der Waals surface area contributed by atoms with Crippen LogP contribution >= 0.6 is 0 Å². The third kappa shape index (κ3) is 3.65. The maximum atomic E-state index is 12.8. The molecule has 3 heterocycles. The Kier molecular flexibility index (Phi) is 5.02. The summed E-state index contributed by atoms with van der Waals surface area (Å²) in [7, 11) is 0. The highest BCUT2D eigenvalue weighted by molar-refractivity contribution is 6.08. The van der Waals surface area contributed by atoms with Crippen LogP contribution in [0.15, 0.2) is 42.6 Å². The molecule has 0 unspecified atom stereocenters. The van der Waals surface area contributed by atoms with Crippen molar-refractivity contribution in [1.29, 1.82) is 0 Å². The van der Waals surface area contributed by atoms with Crippen molar-refractivity contribution in [2.75, 3.05) is 54.5 Å². The zero-order valence-electron chi connectivity index (χ0n) is 14.9. The molecule has 2 fully saturated rings. The van der Waals surface area contributed by atoms with Crippen LogP contribution in [-0.2, 0) is 4.74 Å². The lowest BCUT2D eigenvalue weighted by Crippen LogP contribution is -2.37. The molecule has 0 radical (unpaired) electrons. The van der Waals surface area contributed by atoms with E-state index in [4.69, 9.17) is 4.74 Å². The molecule has 0 atom stereocenters. The number of aromatic nitrogens is 1. The number of carbonyl (C=O) groups excluding carboxylic acids is 1. The van der Waals surface area contributed by atoms with E-state index >= 15 is 0 Å². The molecule has 2 aliphatic rings. The number of nitrogens with one attached hydrogen (secondary N) is 1. The summed E-state index contributed by atoms with van der Waals surface area (Å²) in [6.45, 7) is 5.11. The van der Waals surface area contributed by atoms with Gasteiger partial charge in [-0.1, -0.05) is 12.1 Å². The molecule has 6 heteroatoms. The van der Waals surface area contributed by atoms with Crippen LogP contribution in [0, 0.1) is 0 Å². The summed E-state index contributed by atoms with van der Waals surface area (Å²) in [5, 5.41) is 2.98. The molecule has 2 aliphatic heterocycles. The predicted octanol–water partition coefficient (Wildman–Crippen LogP) is 2.77. The topological polar surface area (TPSA) is 57.7 Å². The molecule has 0 saturated carbocycles. The fourth-order valence-corrected chi connectivity index (χ4v) is 3.54. The van der Waals surface area contributed by atoms with E-state index in [1.54, 1.807) is 6.20 Å². The normalized spacial score (nSPS) is 17.4. The second-order valence-corrected chi connectivity index (χ2v) is 6.67. The Morgan fingerprint density at radius 2 is 1.73 bits per heavy atom. The third-order valence-electron chi connectivity index (χ3n) is 4.94. The fraction of sp³-hybridized carbons (Fsp3) is 0.400. The molecule has 26 heavy (non-hydrogen) atoms. The summed E-state index contributed by atoms with van der Waals surface area (Å²) in [5.74, 6) is 0.872. The highest BCUT2D eigenvalue weighted by atomic mass is 16.5. The highest BCUT2D eigenvalue weighted by Gasteiger charge is 2.19. The SMILES string of the molecule is O=C(Nc1ccc(N2CCCC2)nc1)c1ccccc1N1CCOCC1. The van der Waals surface area contributed by atoms with Crippen LogP contribution in [0.25, 0.3) is 0 Å². The molecule has 1 N–H and O–H groups in total. The zero-order valence-corrected chi connectivity index (χ0v) is 14.9. The summed E-state index contributed by atoms with van der Waals surface area (Å²) >= 11 is 0. The Morgan fingerprint density at radius 3 is 2.46 bits per heavy atom. The maximum absolute atomic E-state index is 12.8. The molecule has 0 aliphatic carbocycles. The van der Waals surface area contributed by atoms with Crippen LogP contribution in [0.3, 0.4) is 0 Å². The summed E-state index contributed by atoms with van der Waals surface area (Å²) in [6, 6.07) is 11.6. The number of carbonyl (C=O) groups is 1. The number of nitrogens with zero attached hydrogens (tertiary/aromatic N) is 3. The van der Waals surface area contributed by atoms with Crippen molar-refractivity contribution < 1.29 is 9.53 Å². The Hall–Kier alpha value is -2.60. The molecule has 1 amide bonds. The molecule has 136 valence electrons. The minimum Gasteiger partial charge on any atom is -0.378 e. The Balaban J connectivity index is 1.48. The van der Waals surface area contributed by atoms with Crippen LogP contribution in [0.5, 0.6) is 0 Å². The van der Waals surface area contributed by atoms with E-state index in [-0.39, 0.29) is 5.91 Å². The van der Waals surface area contributed by atoms with Crippen molar-refractivity contribution in [3.63, 3.8) is 0 Å². The van der Waals surface area contributed by atoms with Crippen LogP contribution in [0.1, 0.15) is 23.2 Å². The van der Waals surface area contributed by atoms with E-state index < -0.39 is 0 Å². The van der Waals surface area contributed by atoms with Gasteiger partial charge in [0.05, 0.1) is 30.7 Å². The van der Waals surface area contributed by atoms with Gasteiger partial charge < -0.3 is 19.9 Å². The van der Waals surface area contributed by atoms with Crippen LogP contribution in [0.4, 0.5) is 17.2 Å². The average Bonchev–Trinajstić information content (AvgIpc) is 3.24. The molecular weight excluding hydrogens is 328 g/mol. The molecule has 4 rings (SSSR count). The largest absolute Gasteiger partial charge is 0.378 e. The van der Waals surface area contributed by atoms with Crippen LogP contribution in [0.2, 0.25) is 0 Å². The van der Waals surface area contributed by atoms with Gasteiger partial charge in [-0.2, -0.15) is 0 Å². The lowest BCUT2D eigenvalue weighted by Gasteiger charge is -2.30. The van der Waals surface area contributed by atoms with Gasteiger partial charge in [0.1, 0.15) is 5.82 Å². The first-order valence-corrected chi connectivity index (χ1v) is 9.25. The van der Waals surface area contributed by atoms with E-state index in [2.05, 4.69) is 20.1 Å². The predicted molar refractivity (Wildman–Crippen MR) is 103 cm³/mol. The Labute approximate surface area is 153 Å². The average molecular weight is 352 g/mol. The van der Waals surface area contributed by atoms with Crippen LogP contribution in [-0.4, -0.2) is 50.3 Å². The van der Waals surface area contributed by atoms with Crippen molar-refractivity contribution in [2.24, 2.45) is 0 Å². The first-order valence-electron chi connectivity index (χ1n) is 9.25. The minimum atomic E-state index is -0.109. The summed E-state index contributed by atoms with van der Waals surface area (Å²) in [4.78, 5) is 21.8. The number of pyridine rings is 1. The Bertz CT molecular complexity index is 751. The van der Waals surface area contributed by atoms with E-state index in [1.807, 2.05) is 36.4 Å². The lowest BCUT2D eigenvalue weighted by molar-refractivity contribution is 0.102. The number of morpholine rings is 1. The first-order chi connectivity index (χ1) is 12.8. The van der Waals surface area contributed by atoms with Crippen molar-refractivity contribution >= 4 is 23.1 Å². The number of amides is 1. The molecular formula is C20H24N4O2. The monoisotopic (exact) mass is 352 g/mol. The van der Waals surface area contributed by atoms with Crippen molar-refractivity contribution in [3.8, 4) is 0 Å². The van der Waals surface area contributed by atoms with Gasteiger partial charge in [-0.15, -0.1) is 0 Å². The number of benzene rings is 1. The van der Waals surface area contributed by atoms with Gasteiger partial charge in [0.25, 0.3) is 5.91 Å². The molecule has 2 saturated heterocycles. The number of ether oxygens (including phenoxy) is 1. The molecule has 2 aromatic rings. The highest BCUT2D eigenvalue weighted by Crippen LogP contribution is 2.23. The van der Waals surface area contributed by atoms with E-state index in [9.17, 15) is 4.79 Å². The van der Waals surface area contributed by atoms with Crippen molar-refractivity contribution in [2.45, 2.75) is 12.8 Å². The molecule has 0 spiro atoms. The third-order valence-corrected chi connectivity index (χ3v) is 4.94. The van der Waals surface area contributed by atoms with E-state index in [0.717, 1.165) is 43.4 Å². The standard InChI is InChI=1S/C20H24N4O2/c25-20(17-5-1-2-6-18(17)23-11-13-26-14-12-23)22-16-7-8-19(21-15-16)24-9-3-4-10-24/h1-2,5-8,15H,3-4,9-14H2,(H,22,25). The molecule has 6 nitrogen and oxygen atoms in total. The van der Waals surface area contributed by atoms with Crippen LogP contribution < -0.4 is 15.1 Å². The summed E-state index contributed by atoms with van der Waals surface area (Å²) < 4.78 is 5.42. The first kappa shape index (κ1) is 16.8. The van der Waals surface area contributed by atoms with Gasteiger partial charge >= 0.3 is 0 Å². The summed E-state index contributed by atoms with van der Waals surface area (Å²) in [6.07, 6.45) is 4.18. The lowest BCUT2D eigenvalue weighted by atomic mass is 10.1. The van der Waals surface area contributed by atoms with Gasteiger partial charge in [0.2, 0.25) is 0 Å². The maximum Gasteiger partial charge on any atom is 0.257 e. The summed E-state index contributed by atoms with van der Waals surface area (Å²) in [5.41, 5.74) is 2.35. The second kappa shape index (κ2) is 7.74. The number of rotatable bonds is 4. The van der Waals surface area contributed by atoms with Gasteiger partial charge in [-0.05, 0) is 37.1 Å². The molecule has 0 bridgehead atoms. The van der Waals surface area contributed by atoms with Gasteiger partial charge in [-0.3, -0.25) is 4.79 Å². The second-order valence-electron chi connectivity index (χ2n) is 6.67. The number of anilines is 3. The number of para-hydroxylation sites is 1. The number of hydrogen-bond acceptors (Lipinski definition) is 5. The Morgan fingerprint density at radius 1 is 0.962 bits per heavy atom. The van der Waals surface area contributed by atoms with Gasteiger partial charge in [0, 0.05) is 31.9 Å². The number of hydrogen-bond donors (Lipinski definition) is 1. The molecule has 1 aromatic heterocycles. The van der Waals surface area contributed by atoms with Gasteiger partial charge in [0.15, 0.2) is 0 Å². The van der Waals surface area contributed by atoms with Crippen molar-refractivity contribution in [1.82, 2.24) is 4.98 Å². The van der Waals surface area contributed by atoms with Gasteiger partial charge in [-0.25, -0.2) is 4.98 Å². The fourth-order valence-electron chi connectivity index (χ4n) is 3.54.